The Balaban J connectivity index is 2.68. The summed E-state index contributed by atoms with van der Waals surface area (Å²) in [5, 5.41) is 5.16. The first kappa shape index (κ1) is 15.6. The lowest BCUT2D eigenvalue weighted by Gasteiger charge is -2.07. The maximum atomic E-state index is 11.6. The molecule has 1 rings (SSSR count). The molecule has 0 atom stereocenters. The Bertz CT molecular complexity index is 512. The number of carbonyl (C=O) groups excluding carboxylic acids is 2. The summed E-state index contributed by atoms with van der Waals surface area (Å²) >= 11 is 0. The van der Waals surface area contributed by atoms with E-state index < -0.39 is 6.09 Å². The monoisotopic (exact) mass is 278 g/mol. The lowest BCUT2D eigenvalue weighted by Crippen LogP contribution is -2.26. The van der Waals surface area contributed by atoms with Crippen LogP contribution in [-0.4, -0.2) is 25.7 Å². The van der Waals surface area contributed by atoms with Crippen LogP contribution in [0.2, 0.25) is 0 Å². The van der Waals surface area contributed by atoms with Crippen molar-refractivity contribution in [1.29, 1.82) is 0 Å². The van der Waals surface area contributed by atoms with Gasteiger partial charge in [-0.3, -0.25) is 4.79 Å². The number of amides is 2. The van der Waals surface area contributed by atoms with Crippen molar-refractivity contribution in [3.63, 3.8) is 0 Å². The van der Waals surface area contributed by atoms with Gasteiger partial charge in [-0.2, -0.15) is 0 Å². The molecule has 0 aliphatic carbocycles. The van der Waals surface area contributed by atoms with Crippen LogP contribution >= 0.6 is 0 Å². The van der Waals surface area contributed by atoms with Crippen molar-refractivity contribution in [2.24, 2.45) is 0 Å². The quantitative estimate of drug-likeness (QED) is 0.640. The molecule has 20 heavy (non-hydrogen) atoms. The van der Waals surface area contributed by atoms with Crippen LogP contribution in [0.4, 0.5) is 10.5 Å². The molecule has 1 aromatic rings. The van der Waals surface area contributed by atoms with Gasteiger partial charge in [-0.25, -0.2) is 4.79 Å². The van der Waals surface area contributed by atoms with Gasteiger partial charge in [0.2, 0.25) is 0 Å². The van der Waals surface area contributed by atoms with Crippen LogP contribution in [0.5, 0.6) is 5.75 Å². The molecule has 0 bridgehead atoms. The Morgan fingerprint density at radius 3 is 2.75 bits per heavy atom. The van der Waals surface area contributed by atoms with Gasteiger partial charge in [0.05, 0.1) is 12.9 Å². The zero-order chi connectivity index (χ0) is 15.0. The molecule has 2 N–H and O–H groups in total. The van der Waals surface area contributed by atoms with Crippen molar-refractivity contribution in [3.05, 3.63) is 36.1 Å². The highest BCUT2D eigenvalue weighted by molar-refractivity contribution is 5.99. The maximum absolute atomic E-state index is 11.6. The molecule has 1 aromatic carbocycles. The number of allylic oxidation sites excluding steroid dienone is 1. The number of methoxy groups -OCH3 is 1. The molecule has 2 amide bonds. The van der Waals surface area contributed by atoms with Gasteiger partial charge in [0, 0.05) is 24.4 Å². The normalized spacial score (nSPS) is 10.7. The lowest BCUT2D eigenvalue weighted by atomic mass is 10.3. The first-order valence-corrected chi connectivity index (χ1v) is 6.14. The van der Waals surface area contributed by atoms with E-state index in [1.165, 1.54) is 13.2 Å². The Morgan fingerprint density at radius 2 is 2.10 bits per heavy atom. The third-order valence-corrected chi connectivity index (χ3v) is 2.29. The standard InChI is InChI=1S/C14H18N2O4/c1-4-15-14(18)20-12-7-5-6-11(9-12)16-13(17)8-10(2)19-3/h5-9H,4H2,1-3H3,(H,15,18)(H,16,17)/b10-8-. The number of hydrogen-bond acceptors (Lipinski definition) is 4. The molecule has 6 heteroatoms. The summed E-state index contributed by atoms with van der Waals surface area (Å²) in [6, 6.07) is 6.56. The average molecular weight is 278 g/mol. The van der Waals surface area contributed by atoms with E-state index in [0.717, 1.165) is 0 Å². The van der Waals surface area contributed by atoms with Gasteiger partial charge in [0.1, 0.15) is 5.75 Å². The number of benzene rings is 1. The van der Waals surface area contributed by atoms with E-state index in [9.17, 15) is 9.59 Å². The fourth-order valence-corrected chi connectivity index (χ4v) is 1.35. The smallest absolute Gasteiger partial charge is 0.412 e. The minimum Gasteiger partial charge on any atom is -0.501 e. The van der Waals surface area contributed by atoms with Gasteiger partial charge in [-0.15, -0.1) is 0 Å². The summed E-state index contributed by atoms with van der Waals surface area (Å²) in [7, 11) is 1.49. The predicted octanol–water partition coefficient (Wildman–Crippen LogP) is 2.28. The zero-order valence-corrected chi connectivity index (χ0v) is 11.7. The van der Waals surface area contributed by atoms with E-state index in [1.807, 2.05) is 0 Å². The van der Waals surface area contributed by atoms with E-state index in [-0.39, 0.29) is 5.91 Å². The van der Waals surface area contributed by atoms with Crippen molar-refractivity contribution in [2.75, 3.05) is 19.0 Å². The summed E-state index contributed by atoms with van der Waals surface area (Å²) in [6.45, 7) is 3.95. The van der Waals surface area contributed by atoms with Crippen LogP contribution in [0, 0.1) is 0 Å². The second-order valence-electron chi connectivity index (χ2n) is 3.90. The Labute approximate surface area is 117 Å². The second-order valence-corrected chi connectivity index (χ2v) is 3.90. The van der Waals surface area contributed by atoms with Crippen molar-refractivity contribution < 1.29 is 19.1 Å². The van der Waals surface area contributed by atoms with Crippen LogP contribution < -0.4 is 15.4 Å². The zero-order valence-electron chi connectivity index (χ0n) is 11.7. The first-order valence-electron chi connectivity index (χ1n) is 6.14. The molecular formula is C14H18N2O4. The summed E-state index contributed by atoms with van der Waals surface area (Å²) in [6.07, 6.45) is 0.795. The van der Waals surface area contributed by atoms with Crippen molar-refractivity contribution in [2.45, 2.75) is 13.8 Å². The topological polar surface area (TPSA) is 76.7 Å². The number of anilines is 1. The molecule has 0 spiro atoms. The van der Waals surface area contributed by atoms with Gasteiger partial charge >= 0.3 is 6.09 Å². The summed E-state index contributed by atoms with van der Waals surface area (Å²) in [4.78, 5) is 22.9. The molecule has 0 heterocycles. The summed E-state index contributed by atoms with van der Waals surface area (Å²) in [5.74, 6) is 0.526. The highest BCUT2D eigenvalue weighted by atomic mass is 16.6. The SMILES string of the molecule is CCNC(=O)Oc1cccc(NC(=O)/C=C(/C)OC)c1. The average Bonchev–Trinajstić information content (AvgIpc) is 2.38. The van der Waals surface area contributed by atoms with Crippen molar-refractivity contribution in [1.82, 2.24) is 5.32 Å². The molecular weight excluding hydrogens is 260 g/mol. The van der Waals surface area contributed by atoms with Crippen LogP contribution in [0.1, 0.15) is 13.8 Å². The van der Waals surface area contributed by atoms with Crippen LogP contribution in [-0.2, 0) is 9.53 Å². The molecule has 0 aromatic heterocycles. The molecule has 0 fully saturated rings. The van der Waals surface area contributed by atoms with Gasteiger partial charge in [-0.1, -0.05) is 6.07 Å². The number of hydrogen-bond donors (Lipinski definition) is 2. The van der Waals surface area contributed by atoms with Crippen LogP contribution in [0.15, 0.2) is 36.1 Å². The third kappa shape index (κ3) is 5.43. The molecule has 0 saturated carbocycles. The van der Waals surface area contributed by atoms with Gasteiger partial charge in [0.25, 0.3) is 5.91 Å². The fourth-order valence-electron chi connectivity index (χ4n) is 1.35. The predicted molar refractivity (Wildman–Crippen MR) is 75.5 cm³/mol. The van der Waals surface area contributed by atoms with E-state index in [1.54, 1.807) is 38.1 Å². The number of rotatable bonds is 5. The number of ether oxygens (including phenoxy) is 2. The van der Waals surface area contributed by atoms with Gasteiger partial charge in [0.15, 0.2) is 0 Å². The highest BCUT2D eigenvalue weighted by Gasteiger charge is 2.05. The molecule has 108 valence electrons. The van der Waals surface area contributed by atoms with Crippen molar-refractivity contribution in [3.8, 4) is 5.75 Å². The summed E-state index contributed by atoms with van der Waals surface area (Å²) in [5.41, 5.74) is 0.525. The van der Waals surface area contributed by atoms with Crippen molar-refractivity contribution >= 4 is 17.7 Å². The third-order valence-electron chi connectivity index (χ3n) is 2.29. The van der Waals surface area contributed by atoms with Crippen LogP contribution in [0.3, 0.4) is 0 Å². The van der Waals surface area contributed by atoms with E-state index >= 15 is 0 Å². The Kier molecular flexibility index (Phi) is 6.09. The van der Waals surface area contributed by atoms with E-state index in [0.29, 0.717) is 23.7 Å². The van der Waals surface area contributed by atoms with E-state index in [2.05, 4.69) is 10.6 Å². The lowest BCUT2D eigenvalue weighted by molar-refractivity contribution is -0.112. The first-order chi connectivity index (χ1) is 9.55. The second kappa shape index (κ2) is 7.83. The minimum absolute atomic E-state index is 0.320. The van der Waals surface area contributed by atoms with Crippen LogP contribution in [0.25, 0.3) is 0 Å². The summed E-state index contributed by atoms with van der Waals surface area (Å²) < 4.78 is 9.92. The highest BCUT2D eigenvalue weighted by Crippen LogP contribution is 2.17. The number of carbonyl (C=O) groups is 2. The Morgan fingerprint density at radius 1 is 1.35 bits per heavy atom. The van der Waals surface area contributed by atoms with Gasteiger partial charge < -0.3 is 20.1 Å². The fraction of sp³-hybridized carbons (Fsp3) is 0.286. The molecule has 0 aliphatic rings. The molecule has 6 nitrogen and oxygen atoms in total. The Hall–Kier alpha value is -2.50. The molecule has 0 aliphatic heterocycles. The maximum Gasteiger partial charge on any atom is 0.412 e. The molecule has 0 unspecified atom stereocenters. The van der Waals surface area contributed by atoms with E-state index in [4.69, 9.17) is 9.47 Å². The minimum atomic E-state index is -0.536. The number of nitrogens with one attached hydrogen (secondary N) is 2. The molecule has 0 saturated heterocycles. The van der Waals surface area contributed by atoms with Gasteiger partial charge in [-0.05, 0) is 26.0 Å². The largest absolute Gasteiger partial charge is 0.501 e. The molecule has 0 radical (unpaired) electrons.